The highest BCUT2D eigenvalue weighted by Gasteiger charge is 2.10. The van der Waals surface area contributed by atoms with Crippen molar-refractivity contribution in [2.45, 2.75) is 0 Å². The fraction of sp³-hybridized carbons (Fsp3) is 0.190. The Labute approximate surface area is 177 Å². The second-order valence-corrected chi connectivity index (χ2v) is 9.49. The van der Waals surface area contributed by atoms with Crippen LogP contribution in [0.5, 0.6) is 11.5 Å². The van der Waals surface area contributed by atoms with Crippen LogP contribution >= 0.6 is 15.9 Å². The molecule has 0 aliphatic rings. The minimum Gasteiger partial charge on any atom is -0.492 e. The maximum Gasteiger partial charge on any atom is 0.262 e. The standard InChI is InChI=1S/C21H20BrNO5S/c1-29(25,26)12-11-27-17-7-4-6-16(13-17)23-20(24)14-28-19-10-9-15-5-2-3-8-18(15)21(19)22/h2-10,13H,11-12,14H2,1H3,(H,23,24). The van der Waals surface area contributed by atoms with Gasteiger partial charge in [0.2, 0.25) is 0 Å². The van der Waals surface area contributed by atoms with Crippen molar-refractivity contribution in [3.8, 4) is 11.5 Å². The van der Waals surface area contributed by atoms with Crippen LogP contribution in [0.2, 0.25) is 0 Å². The van der Waals surface area contributed by atoms with Gasteiger partial charge in [-0.2, -0.15) is 0 Å². The molecule has 3 rings (SSSR count). The maximum absolute atomic E-state index is 12.2. The van der Waals surface area contributed by atoms with Crippen LogP contribution in [0.1, 0.15) is 0 Å². The summed E-state index contributed by atoms with van der Waals surface area (Å²) in [5.74, 6) is 0.664. The van der Waals surface area contributed by atoms with Gasteiger partial charge in [-0.25, -0.2) is 8.42 Å². The molecule has 0 fully saturated rings. The van der Waals surface area contributed by atoms with E-state index in [-0.39, 0.29) is 24.9 Å². The summed E-state index contributed by atoms with van der Waals surface area (Å²) in [6, 6.07) is 18.4. The van der Waals surface area contributed by atoms with Crippen LogP contribution in [0, 0.1) is 0 Å². The third kappa shape index (κ3) is 6.20. The first-order chi connectivity index (χ1) is 13.8. The SMILES string of the molecule is CS(=O)(=O)CCOc1cccc(NC(=O)COc2ccc3ccccc3c2Br)c1. The average Bonchev–Trinajstić information content (AvgIpc) is 2.67. The number of hydrogen-bond acceptors (Lipinski definition) is 5. The molecule has 0 unspecified atom stereocenters. The van der Waals surface area contributed by atoms with Gasteiger partial charge in [0.25, 0.3) is 5.91 Å². The number of hydrogen-bond donors (Lipinski definition) is 1. The highest BCUT2D eigenvalue weighted by Crippen LogP contribution is 2.33. The molecule has 1 amide bonds. The number of carbonyl (C=O) groups excluding carboxylic acids is 1. The van der Waals surface area contributed by atoms with Crippen LogP contribution in [-0.2, 0) is 14.6 Å². The van der Waals surface area contributed by atoms with Gasteiger partial charge in [-0.1, -0.05) is 36.4 Å². The van der Waals surface area contributed by atoms with Crippen LogP contribution in [0.4, 0.5) is 5.69 Å². The molecule has 0 atom stereocenters. The van der Waals surface area contributed by atoms with E-state index >= 15 is 0 Å². The van der Waals surface area contributed by atoms with Gasteiger partial charge in [-0.15, -0.1) is 0 Å². The van der Waals surface area contributed by atoms with Crippen LogP contribution in [0.25, 0.3) is 10.8 Å². The molecule has 29 heavy (non-hydrogen) atoms. The monoisotopic (exact) mass is 477 g/mol. The molecule has 3 aromatic rings. The smallest absolute Gasteiger partial charge is 0.262 e. The number of nitrogens with one attached hydrogen (secondary N) is 1. The number of fused-ring (bicyclic) bond motifs is 1. The molecule has 3 aromatic carbocycles. The van der Waals surface area contributed by atoms with Gasteiger partial charge < -0.3 is 14.8 Å². The Morgan fingerprint density at radius 3 is 2.62 bits per heavy atom. The van der Waals surface area contributed by atoms with E-state index in [2.05, 4.69) is 21.2 Å². The number of rotatable bonds is 8. The Hall–Kier alpha value is -2.58. The Kier molecular flexibility index (Phi) is 6.76. The Morgan fingerprint density at radius 2 is 1.83 bits per heavy atom. The summed E-state index contributed by atoms with van der Waals surface area (Å²) in [7, 11) is -3.09. The molecule has 0 heterocycles. The van der Waals surface area contributed by atoms with Gasteiger partial charge in [0, 0.05) is 18.0 Å². The van der Waals surface area contributed by atoms with E-state index in [1.807, 2.05) is 36.4 Å². The molecule has 0 bridgehead atoms. The third-order valence-electron chi connectivity index (χ3n) is 4.03. The number of amides is 1. The number of anilines is 1. The van der Waals surface area contributed by atoms with Crippen molar-refractivity contribution in [1.82, 2.24) is 0 Å². The van der Waals surface area contributed by atoms with E-state index in [4.69, 9.17) is 9.47 Å². The second kappa shape index (κ2) is 9.28. The molecule has 0 radical (unpaired) electrons. The van der Waals surface area contributed by atoms with E-state index in [0.29, 0.717) is 17.2 Å². The van der Waals surface area contributed by atoms with E-state index < -0.39 is 9.84 Å². The molecule has 152 valence electrons. The summed E-state index contributed by atoms with van der Waals surface area (Å²) < 4.78 is 34.2. The Morgan fingerprint density at radius 1 is 1.03 bits per heavy atom. The second-order valence-electron chi connectivity index (χ2n) is 6.44. The average molecular weight is 478 g/mol. The highest BCUT2D eigenvalue weighted by molar-refractivity contribution is 9.10. The van der Waals surface area contributed by atoms with Crippen molar-refractivity contribution < 1.29 is 22.7 Å². The van der Waals surface area contributed by atoms with Crippen LogP contribution in [0.15, 0.2) is 65.1 Å². The van der Waals surface area contributed by atoms with Crippen molar-refractivity contribution >= 4 is 48.1 Å². The fourth-order valence-electron chi connectivity index (χ4n) is 2.64. The van der Waals surface area contributed by atoms with Crippen molar-refractivity contribution in [2.75, 3.05) is 30.5 Å². The molecule has 0 aromatic heterocycles. The number of benzene rings is 3. The van der Waals surface area contributed by atoms with Crippen LogP contribution in [-0.4, -0.2) is 39.5 Å². The normalized spacial score (nSPS) is 11.2. The van der Waals surface area contributed by atoms with E-state index in [1.54, 1.807) is 24.3 Å². The third-order valence-corrected chi connectivity index (χ3v) is 5.75. The fourth-order valence-corrected chi connectivity index (χ4v) is 3.63. The van der Waals surface area contributed by atoms with Crippen molar-refractivity contribution in [2.24, 2.45) is 0 Å². The zero-order valence-electron chi connectivity index (χ0n) is 15.7. The lowest BCUT2D eigenvalue weighted by molar-refractivity contribution is -0.118. The van der Waals surface area contributed by atoms with Crippen LogP contribution < -0.4 is 14.8 Å². The van der Waals surface area contributed by atoms with Crippen molar-refractivity contribution in [3.05, 3.63) is 65.1 Å². The first kappa shape index (κ1) is 21.1. The molecule has 0 spiro atoms. The first-order valence-electron chi connectivity index (χ1n) is 8.82. The lowest BCUT2D eigenvalue weighted by Gasteiger charge is -2.11. The van der Waals surface area contributed by atoms with Gasteiger partial charge in [0.1, 0.15) is 18.1 Å². The van der Waals surface area contributed by atoms with E-state index in [1.165, 1.54) is 0 Å². The summed E-state index contributed by atoms with van der Waals surface area (Å²) in [6.07, 6.45) is 1.15. The summed E-state index contributed by atoms with van der Waals surface area (Å²) in [5, 5.41) is 4.82. The Balaban J connectivity index is 1.57. The number of sulfone groups is 1. The minimum absolute atomic E-state index is 0.0509. The zero-order valence-corrected chi connectivity index (χ0v) is 18.1. The number of ether oxygens (including phenoxy) is 2. The number of halogens is 1. The molecule has 1 N–H and O–H groups in total. The van der Waals surface area contributed by atoms with Crippen molar-refractivity contribution in [3.63, 3.8) is 0 Å². The molecule has 0 saturated carbocycles. The molecule has 0 aliphatic carbocycles. The first-order valence-corrected chi connectivity index (χ1v) is 11.7. The summed E-state index contributed by atoms with van der Waals surface area (Å²) in [6.45, 7) is -0.106. The Bertz CT molecular complexity index is 1130. The van der Waals surface area contributed by atoms with Gasteiger partial charge in [0.05, 0.1) is 10.2 Å². The van der Waals surface area contributed by atoms with E-state index in [0.717, 1.165) is 21.5 Å². The van der Waals surface area contributed by atoms with E-state index in [9.17, 15) is 13.2 Å². The molecule has 0 aliphatic heterocycles. The molecule has 8 heteroatoms. The minimum atomic E-state index is -3.09. The summed E-state index contributed by atoms with van der Waals surface area (Å²) >= 11 is 3.53. The van der Waals surface area contributed by atoms with Gasteiger partial charge in [-0.05, 0) is 44.9 Å². The number of carbonyl (C=O) groups is 1. The lowest BCUT2D eigenvalue weighted by atomic mass is 10.1. The van der Waals surface area contributed by atoms with Gasteiger partial charge in [0.15, 0.2) is 16.4 Å². The van der Waals surface area contributed by atoms with Crippen LogP contribution in [0.3, 0.4) is 0 Å². The quantitative estimate of drug-likeness (QED) is 0.529. The lowest BCUT2D eigenvalue weighted by Crippen LogP contribution is -2.20. The molecule has 0 saturated heterocycles. The highest BCUT2D eigenvalue weighted by atomic mass is 79.9. The largest absolute Gasteiger partial charge is 0.492 e. The topological polar surface area (TPSA) is 81.7 Å². The zero-order chi connectivity index (χ0) is 20.9. The predicted molar refractivity (Wildman–Crippen MR) is 117 cm³/mol. The van der Waals surface area contributed by atoms with Crippen molar-refractivity contribution in [1.29, 1.82) is 0 Å². The molecular formula is C21H20BrNO5S. The summed E-state index contributed by atoms with van der Waals surface area (Å²) in [5.41, 5.74) is 0.535. The van der Waals surface area contributed by atoms with Gasteiger partial charge in [-0.3, -0.25) is 4.79 Å². The predicted octanol–water partition coefficient (Wildman–Crippen LogP) is 4.04. The molecule has 6 nitrogen and oxygen atoms in total. The summed E-state index contributed by atoms with van der Waals surface area (Å²) in [4.78, 5) is 12.2. The molecular weight excluding hydrogens is 458 g/mol. The maximum atomic E-state index is 12.2. The van der Waals surface area contributed by atoms with Gasteiger partial charge >= 0.3 is 0 Å².